The van der Waals surface area contributed by atoms with Gasteiger partial charge in [-0.15, -0.1) is 0 Å². The maximum atomic E-state index is 2.30. The molecule has 0 N–H and O–H groups in total. The van der Waals surface area contributed by atoms with Crippen molar-refractivity contribution in [1.82, 2.24) is 0 Å². The zero-order chi connectivity index (χ0) is 14.2. The minimum Gasteiger partial charge on any atom is -0.208 e. The highest BCUT2D eigenvalue weighted by Crippen LogP contribution is 2.33. The van der Waals surface area contributed by atoms with Crippen molar-refractivity contribution in [3.8, 4) is 0 Å². The lowest BCUT2D eigenvalue weighted by Gasteiger charge is -2.05. The van der Waals surface area contributed by atoms with E-state index in [4.69, 9.17) is 0 Å². The maximum Gasteiger partial charge on any atom is 0.169 e. The van der Waals surface area contributed by atoms with Gasteiger partial charge in [-0.05, 0) is 45.9 Å². The minimum atomic E-state index is 1.19. The Labute approximate surface area is 125 Å². The molecule has 4 rings (SSSR count). The molecule has 1 aliphatic carbocycles. The lowest BCUT2D eigenvalue weighted by molar-refractivity contribution is -0.671. The van der Waals surface area contributed by atoms with Crippen LogP contribution in [0.1, 0.15) is 22.3 Å². The summed E-state index contributed by atoms with van der Waals surface area (Å²) in [5.41, 5.74) is 5.55. The molecule has 0 unspecified atom stereocenters. The summed E-state index contributed by atoms with van der Waals surface area (Å²) >= 11 is 0. The molecule has 0 saturated carbocycles. The molecule has 0 radical (unpaired) electrons. The van der Waals surface area contributed by atoms with Gasteiger partial charge in [0, 0.05) is 12.1 Å². The fourth-order valence-corrected chi connectivity index (χ4v) is 3.22. The zero-order valence-electron chi connectivity index (χ0n) is 12.2. The van der Waals surface area contributed by atoms with E-state index in [1.165, 1.54) is 45.9 Å². The molecule has 0 aliphatic heterocycles. The molecule has 1 heterocycles. The molecule has 1 aromatic heterocycles. The standard InChI is InChI=1S/C20H18N/c1-21-13-11-15(12-14-21)5-6-16-7-8-18-10-9-17-3-2-4-19(16)20(17)18/h2-8,11-14H,9-10H2,1H3/q+1. The van der Waals surface area contributed by atoms with E-state index in [2.05, 4.69) is 71.6 Å². The van der Waals surface area contributed by atoms with Gasteiger partial charge in [-0.1, -0.05) is 42.5 Å². The van der Waals surface area contributed by atoms with Crippen LogP contribution in [0.4, 0.5) is 0 Å². The Kier molecular flexibility index (Phi) is 2.85. The Balaban J connectivity index is 1.79. The second kappa shape index (κ2) is 4.85. The van der Waals surface area contributed by atoms with Gasteiger partial charge in [0.15, 0.2) is 12.4 Å². The number of hydrogen-bond donors (Lipinski definition) is 0. The van der Waals surface area contributed by atoms with Crippen molar-refractivity contribution in [2.24, 2.45) is 7.05 Å². The first-order valence-electron chi connectivity index (χ1n) is 7.48. The fourth-order valence-electron chi connectivity index (χ4n) is 3.22. The third-order valence-electron chi connectivity index (χ3n) is 4.37. The molecular weight excluding hydrogens is 254 g/mol. The number of aromatic nitrogens is 1. The summed E-state index contributed by atoms with van der Waals surface area (Å²) in [4.78, 5) is 0. The van der Waals surface area contributed by atoms with Crippen LogP contribution in [0.3, 0.4) is 0 Å². The van der Waals surface area contributed by atoms with Crippen LogP contribution in [-0.4, -0.2) is 0 Å². The van der Waals surface area contributed by atoms with Crippen LogP contribution in [-0.2, 0) is 19.9 Å². The van der Waals surface area contributed by atoms with Crippen LogP contribution in [0.25, 0.3) is 22.9 Å². The number of hydrogen-bond acceptors (Lipinski definition) is 0. The molecule has 0 fully saturated rings. The Morgan fingerprint density at radius 3 is 2.43 bits per heavy atom. The van der Waals surface area contributed by atoms with Crippen LogP contribution < -0.4 is 4.57 Å². The molecule has 1 aliphatic rings. The summed E-state index contributed by atoms with van der Waals surface area (Å²) in [7, 11) is 2.04. The monoisotopic (exact) mass is 272 g/mol. The number of aryl methyl sites for hydroxylation is 3. The molecule has 2 aromatic carbocycles. The van der Waals surface area contributed by atoms with Gasteiger partial charge in [0.05, 0.1) is 0 Å². The van der Waals surface area contributed by atoms with Crippen molar-refractivity contribution in [2.45, 2.75) is 12.8 Å². The molecule has 1 nitrogen and oxygen atoms in total. The molecule has 21 heavy (non-hydrogen) atoms. The van der Waals surface area contributed by atoms with E-state index >= 15 is 0 Å². The zero-order valence-corrected chi connectivity index (χ0v) is 12.2. The summed E-state index contributed by atoms with van der Waals surface area (Å²) in [6.07, 6.45) is 11.0. The highest BCUT2D eigenvalue weighted by Gasteiger charge is 2.14. The van der Waals surface area contributed by atoms with E-state index in [0.29, 0.717) is 0 Å². The second-order valence-corrected chi connectivity index (χ2v) is 5.78. The minimum absolute atomic E-state index is 1.19. The number of benzene rings is 2. The second-order valence-electron chi connectivity index (χ2n) is 5.78. The Morgan fingerprint density at radius 2 is 1.62 bits per heavy atom. The Morgan fingerprint density at radius 1 is 0.857 bits per heavy atom. The van der Waals surface area contributed by atoms with Gasteiger partial charge in [0.1, 0.15) is 7.05 Å². The smallest absolute Gasteiger partial charge is 0.169 e. The van der Waals surface area contributed by atoms with E-state index in [9.17, 15) is 0 Å². The first-order valence-corrected chi connectivity index (χ1v) is 7.48. The van der Waals surface area contributed by atoms with E-state index in [-0.39, 0.29) is 0 Å². The van der Waals surface area contributed by atoms with E-state index in [1.807, 2.05) is 7.05 Å². The lowest BCUT2D eigenvalue weighted by Crippen LogP contribution is -2.25. The quantitative estimate of drug-likeness (QED) is 0.622. The topological polar surface area (TPSA) is 3.88 Å². The average molecular weight is 272 g/mol. The third-order valence-corrected chi connectivity index (χ3v) is 4.37. The highest BCUT2D eigenvalue weighted by molar-refractivity contribution is 5.98. The van der Waals surface area contributed by atoms with Gasteiger partial charge in [0.2, 0.25) is 0 Å². The summed E-state index contributed by atoms with van der Waals surface area (Å²) in [5.74, 6) is 0. The molecule has 3 aromatic rings. The van der Waals surface area contributed by atoms with Crippen molar-refractivity contribution in [3.63, 3.8) is 0 Å². The van der Waals surface area contributed by atoms with Crippen LogP contribution >= 0.6 is 0 Å². The maximum absolute atomic E-state index is 2.30. The summed E-state index contributed by atoms with van der Waals surface area (Å²) < 4.78 is 2.05. The lowest BCUT2D eigenvalue weighted by atomic mass is 9.99. The number of rotatable bonds is 2. The summed E-state index contributed by atoms with van der Waals surface area (Å²) in [6.45, 7) is 0. The number of nitrogens with zero attached hydrogens (tertiary/aromatic N) is 1. The predicted octanol–water partition coefficient (Wildman–Crippen LogP) is 3.93. The Hall–Kier alpha value is -2.41. The van der Waals surface area contributed by atoms with Crippen LogP contribution in [0.15, 0.2) is 54.9 Å². The molecule has 0 bridgehead atoms. The largest absolute Gasteiger partial charge is 0.208 e. The molecule has 0 spiro atoms. The van der Waals surface area contributed by atoms with Crippen LogP contribution in [0.5, 0.6) is 0 Å². The number of pyridine rings is 1. The molecular formula is C20H18N+. The molecule has 0 atom stereocenters. The highest BCUT2D eigenvalue weighted by atomic mass is 14.9. The van der Waals surface area contributed by atoms with Crippen molar-refractivity contribution in [1.29, 1.82) is 0 Å². The van der Waals surface area contributed by atoms with E-state index in [1.54, 1.807) is 0 Å². The van der Waals surface area contributed by atoms with Gasteiger partial charge in [-0.3, -0.25) is 0 Å². The van der Waals surface area contributed by atoms with Crippen molar-refractivity contribution in [3.05, 3.63) is 77.1 Å². The SMILES string of the molecule is C[n+]1ccc(C=Cc2ccc3c4c(cccc24)CC3)cc1. The first kappa shape index (κ1) is 12.3. The molecule has 102 valence electrons. The first-order chi connectivity index (χ1) is 10.3. The van der Waals surface area contributed by atoms with Gasteiger partial charge in [0.25, 0.3) is 0 Å². The molecule has 0 saturated heterocycles. The van der Waals surface area contributed by atoms with Gasteiger partial charge >= 0.3 is 0 Å². The van der Waals surface area contributed by atoms with Gasteiger partial charge < -0.3 is 0 Å². The molecule has 0 amide bonds. The van der Waals surface area contributed by atoms with Crippen molar-refractivity contribution in [2.75, 3.05) is 0 Å². The van der Waals surface area contributed by atoms with Gasteiger partial charge in [-0.2, -0.15) is 0 Å². The normalized spacial score (nSPS) is 13.4. The fraction of sp³-hybridized carbons (Fsp3) is 0.150. The van der Waals surface area contributed by atoms with E-state index < -0.39 is 0 Å². The third kappa shape index (κ3) is 2.15. The van der Waals surface area contributed by atoms with Crippen LogP contribution in [0, 0.1) is 0 Å². The van der Waals surface area contributed by atoms with E-state index in [0.717, 1.165) is 0 Å². The van der Waals surface area contributed by atoms with Crippen molar-refractivity contribution < 1.29 is 4.57 Å². The van der Waals surface area contributed by atoms with Crippen molar-refractivity contribution >= 4 is 22.9 Å². The van der Waals surface area contributed by atoms with Crippen LogP contribution in [0.2, 0.25) is 0 Å². The Bertz CT molecular complexity index is 831. The van der Waals surface area contributed by atoms with Gasteiger partial charge in [-0.25, -0.2) is 4.57 Å². The average Bonchev–Trinajstić information content (AvgIpc) is 2.94. The summed E-state index contributed by atoms with van der Waals surface area (Å²) in [5, 5.41) is 2.87. The summed E-state index contributed by atoms with van der Waals surface area (Å²) in [6, 6.07) is 15.5. The predicted molar refractivity (Wildman–Crippen MR) is 87.9 cm³/mol. The molecule has 1 heteroatoms.